The van der Waals surface area contributed by atoms with Crippen molar-refractivity contribution in [3.05, 3.63) is 53.3 Å². The summed E-state index contributed by atoms with van der Waals surface area (Å²) in [5.41, 5.74) is 2.11. The lowest BCUT2D eigenvalue weighted by molar-refractivity contribution is 0.220. The number of aromatic nitrogens is 2. The van der Waals surface area contributed by atoms with Gasteiger partial charge in [0.2, 0.25) is 0 Å². The fraction of sp³-hybridized carbons (Fsp3) is 0.231. The van der Waals surface area contributed by atoms with E-state index in [1.165, 1.54) is 0 Å². The van der Waals surface area contributed by atoms with E-state index in [4.69, 9.17) is 5.26 Å². The SMILES string of the molecule is CCn1cc(C(O)c2ccc(C#N)cc2)cn1. The Morgan fingerprint density at radius 2 is 2.06 bits per heavy atom. The Labute approximate surface area is 99.7 Å². The van der Waals surface area contributed by atoms with E-state index in [1.54, 1.807) is 35.1 Å². The predicted octanol–water partition coefficient (Wildman–Crippen LogP) is 1.86. The fourth-order valence-electron chi connectivity index (χ4n) is 1.63. The molecule has 0 saturated heterocycles. The van der Waals surface area contributed by atoms with Crippen molar-refractivity contribution in [2.75, 3.05) is 0 Å². The monoisotopic (exact) mass is 227 g/mol. The molecule has 2 rings (SSSR count). The van der Waals surface area contributed by atoms with Crippen LogP contribution in [0.25, 0.3) is 0 Å². The lowest BCUT2D eigenvalue weighted by Gasteiger charge is -2.08. The van der Waals surface area contributed by atoms with E-state index in [9.17, 15) is 5.11 Å². The van der Waals surface area contributed by atoms with Crippen molar-refractivity contribution in [3.8, 4) is 6.07 Å². The Balaban J connectivity index is 2.24. The van der Waals surface area contributed by atoms with Crippen molar-refractivity contribution in [3.63, 3.8) is 0 Å². The molecule has 1 heterocycles. The van der Waals surface area contributed by atoms with E-state index in [0.29, 0.717) is 5.56 Å². The summed E-state index contributed by atoms with van der Waals surface area (Å²) in [4.78, 5) is 0. The Bertz CT molecular complexity index is 537. The van der Waals surface area contributed by atoms with Crippen LogP contribution in [0.5, 0.6) is 0 Å². The van der Waals surface area contributed by atoms with Crippen LogP contribution in [0.4, 0.5) is 0 Å². The Hall–Kier alpha value is -2.12. The third-order valence-corrected chi connectivity index (χ3v) is 2.65. The summed E-state index contributed by atoms with van der Waals surface area (Å²) in [7, 11) is 0. The first-order valence-corrected chi connectivity index (χ1v) is 5.45. The summed E-state index contributed by atoms with van der Waals surface area (Å²) in [5, 5.41) is 22.9. The summed E-state index contributed by atoms with van der Waals surface area (Å²) >= 11 is 0. The van der Waals surface area contributed by atoms with Gasteiger partial charge in [-0.25, -0.2) is 0 Å². The standard InChI is InChI=1S/C13H13N3O/c1-2-16-9-12(8-15-16)13(17)11-5-3-10(7-14)4-6-11/h3-6,8-9,13,17H,2H2,1H3. The topological polar surface area (TPSA) is 61.8 Å². The zero-order chi connectivity index (χ0) is 12.3. The van der Waals surface area contributed by atoms with Gasteiger partial charge in [-0.15, -0.1) is 0 Å². The molecule has 0 aliphatic rings. The first-order chi connectivity index (χ1) is 8.24. The van der Waals surface area contributed by atoms with Crippen molar-refractivity contribution >= 4 is 0 Å². The molecular weight excluding hydrogens is 214 g/mol. The lowest BCUT2D eigenvalue weighted by Crippen LogP contribution is -1.98. The smallest absolute Gasteiger partial charge is 0.107 e. The molecule has 0 bridgehead atoms. The highest BCUT2D eigenvalue weighted by Gasteiger charge is 2.12. The van der Waals surface area contributed by atoms with E-state index in [1.807, 2.05) is 19.2 Å². The van der Waals surface area contributed by atoms with Crippen LogP contribution in [-0.2, 0) is 6.54 Å². The van der Waals surface area contributed by atoms with Crippen LogP contribution in [0, 0.1) is 11.3 Å². The van der Waals surface area contributed by atoms with E-state index in [0.717, 1.165) is 17.7 Å². The number of benzene rings is 1. The van der Waals surface area contributed by atoms with Gasteiger partial charge in [-0.05, 0) is 24.6 Å². The van der Waals surface area contributed by atoms with Crippen LogP contribution < -0.4 is 0 Å². The van der Waals surface area contributed by atoms with E-state index in [2.05, 4.69) is 5.10 Å². The van der Waals surface area contributed by atoms with Gasteiger partial charge < -0.3 is 5.11 Å². The molecule has 17 heavy (non-hydrogen) atoms. The van der Waals surface area contributed by atoms with Gasteiger partial charge in [0.15, 0.2) is 0 Å². The number of hydrogen-bond donors (Lipinski definition) is 1. The van der Waals surface area contributed by atoms with E-state index >= 15 is 0 Å². The largest absolute Gasteiger partial charge is 0.384 e. The average Bonchev–Trinajstić information content (AvgIpc) is 2.87. The van der Waals surface area contributed by atoms with Crippen LogP contribution in [-0.4, -0.2) is 14.9 Å². The lowest BCUT2D eigenvalue weighted by atomic mass is 10.0. The summed E-state index contributed by atoms with van der Waals surface area (Å²) in [6, 6.07) is 8.96. The fourth-order valence-corrected chi connectivity index (χ4v) is 1.63. The maximum Gasteiger partial charge on any atom is 0.107 e. The summed E-state index contributed by atoms with van der Waals surface area (Å²) < 4.78 is 1.77. The van der Waals surface area contributed by atoms with E-state index < -0.39 is 6.10 Å². The molecule has 2 aromatic rings. The molecule has 0 spiro atoms. The van der Waals surface area contributed by atoms with Crippen LogP contribution in [0.15, 0.2) is 36.7 Å². The second-order valence-electron chi connectivity index (χ2n) is 3.77. The van der Waals surface area contributed by atoms with Gasteiger partial charge in [-0.2, -0.15) is 10.4 Å². The second kappa shape index (κ2) is 4.81. The molecule has 0 aliphatic carbocycles. The number of nitriles is 1. The Morgan fingerprint density at radius 3 is 2.59 bits per heavy atom. The second-order valence-corrected chi connectivity index (χ2v) is 3.77. The minimum absolute atomic E-state index is 0.588. The van der Waals surface area contributed by atoms with Crippen LogP contribution in [0.3, 0.4) is 0 Å². The normalized spacial score (nSPS) is 12.1. The molecule has 4 nitrogen and oxygen atoms in total. The van der Waals surface area contributed by atoms with E-state index in [-0.39, 0.29) is 0 Å². The van der Waals surface area contributed by atoms with Crippen molar-refractivity contribution in [1.82, 2.24) is 9.78 Å². The molecule has 0 aliphatic heterocycles. The predicted molar refractivity (Wildman–Crippen MR) is 63.1 cm³/mol. The Morgan fingerprint density at radius 1 is 1.35 bits per heavy atom. The van der Waals surface area contributed by atoms with Crippen LogP contribution in [0.2, 0.25) is 0 Å². The van der Waals surface area contributed by atoms with Crippen molar-refractivity contribution in [2.45, 2.75) is 19.6 Å². The van der Waals surface area contributed by atoms with Gasteiger partial charge in [0.25, 0.3) is 0 Å². The Kier molecular flexibility index (Phi) is 3.22. The molecule has 4 heteroatoms. The van der Waals surface area contributed by atoms with Gasteiger partial charge in [0, 0.05) is 18.3 Å². The van der Waals surface area contributed by atoms with Crippen molar-refractivity contribution in [2.24, 2.45) is 0 Å². The van der Waals surface area contributed by atoms with Crippen molar-refractivity contribution < 1.29 is 5.11 Å². The molecule has 1 atom stereocenters. The highest BCUT2D eigenvalue weighted by molar-refractivity contribution is 5.35. The third-order valence-electron chi connectivity index (χ3n) is 2.65. The van der Waals surface area contributed by atoms with Gasteiger partial charge in [0.05, 0.1) is 17.8 Å². The zero-order valence-corrected chi connectivity index (χ0v) is 9.54. The molecule has 1 unspecified atom stereocenters. The molecule has 1 N–H and O–H groups in total. The summed E-state index contributed by atoms with van der Waals surface area (Å²) in [5.74, 6) is 0. The van der Waals surface area contributed by atoms with Gasteiger partial charge >= 0.3 is 0 Å². The minimum atomic E-state index is -0.692. The molecule has 1 aromatic heterocycles. The van der Waals surface area contributed by atoms with Gasteiger partial charge in [0.1, 0.15) is 6.10 Å². The molecular formula is C13H13N3O. The van der Waals surface area contributed by atoms with Crippen molar-refractivity contribution in [1.29, 1.82) is 5.26 Å². The number of hydrogen-bond acceptors (Lipinski definition) is 3. The first kappa shape index (κ1) is 11.4. The van der Waals surface area contributed by atoms with Gasteiger partial charge in [-0.3, -0.25) is 4.68 Å². The van der Waals surface area contributed by atoms with Gasteiger partial charge in [-0.1, -0.05) is 12.1 Å². The molecule has 0 radical (unpaired) electrons. The summed E-state index contributed by atoms with van der Waals surface area (Å²) in [6.07, 6.45) is 2.79. The number of rotatable bonds is 3. The molecule has 1 aromatic carbocycles. The quantitative estimate of drug-likeness (QED) is 0.870. The molecule has 0 saturated carbocycles. The highest BCUT2D eigenvalue weighted by Crippen LogP contribution is 2.21. The van der Waals surface area contributed by atoms with Crippen LogP contribution >= 0.6 is 0 Å². The first-order valence-electron chi connectivity index (χ1n) is 5.45. The number of nitrogens with zero attached hydrogens (tertiary/aromatic N) is 3. The number of aliphatic hydroxyl groups is 1. The molecule has 0 fully saturated rings. The maximum absolute atomic E-state index is 10.1. The highest BCUT2D eigenvalue weighted by atomic mass is 16.3. The molecule has 0 amide bonds. The average molecular weight is 227 g/mol. The van der Waals surface area contributed by atoms with Crippen LogP contribution in [0.1, 0.15) is 29.7 Å². The number of aliphatic hydroxyl groups excluding tert-OH is 1. The zero-order valence-electron chi connectivity index (χ0n) is 9.54. The maximum atomic E-state index is 10.1. The summed E-state index contributed by atoms with van der Waals surface area (Å²) in [6.45, 7) is 2.77. The number of aryl methyl sites for hydroxylation is 1. The minimum Gasteiger partial charge on any atom is -0.384 e. The molecule has 86 valence electrons. The third kappa shape index (κ3) is 2.35.